The number of nitrogens with one attached hydrogen (secondary N) is 3. The van der Waals surface area contributed by atoms with Crippen LogP contribution in [-0.2, 0) is 9.47 Å². The summed E-state index contributed by atoms with van der Waals surface area (Å²) in [6, 6.07) is 4.88. The number of likely N-dealkylation sites (tertiary alicyclic amines) is 1. The van der Waals surface area contributed by atoms with Crippen molar-refractivity contribution in [3.63, 3.8) is 0 Å². The van der Waals surface area contributed by atoms with E-state index in [0.29, 0.717) is 30.5 Å². The number of rotatable bonds is 9. The van der Waals surface area contributed by atoms with E-state index in [1.54, 1.807) is 12.1 Å². The Labute approximate surface area is 218 Å². The normalized spacial score (nSPS) is 23.3. The van der Waals surface area contributed by atoms with Crippen LogP contribution in [-0.4, -0.2) is 69.5 Å². The zero-order chi connectivity index (χ0) is 26.1. The third-order valence-corrected chi connectivity index (χ3v) is 7.32. The SMILES string of the molecule is COC(=O)NCCOC(c1cccc(Cl)c1F)C1CCCN(C(=O)NC2CNCCC2CC(C)C)C1. The van der Waals surface area contributed by atoms with Gasteiger partial charge in [0.05, 0.1) is 24.8 Å². The van der Waals surface area contributed by atoms with Gasteiger partial charge in [-0.05, 0) is 50.1 Å². The first kappa shape index (κ1) is 28.5. The summed E-state index contributed by atoms with van der Waals surface area (Å²) in [6.07, 6.45) is 2.54. The molecular formula is C26H40ClFN4O4. The fourth-order valence-corrected chi connectivity index (χ4v) is 5.47. The molecule has 2 fully saturated rings. The third-order valence-electron chi connectivity index (χ3n) is 7.02. The van der Waals surface area contributed by atoms with E-state index in [4.69, 9.17) is 16.3 Å². The summed E-state index contributed by atoms with van der Waals surface area (Å²) >= 11 is 6.07. The number of urea groups is 1. The zero-order valence-corrected chi connectivity index (χ0v) is 22.3. The number of carbonyl (C=O) groups is 2. The summed E-state index contributed by atoms with van der Waals surface area (Å²) in [5, 5.41) is 9.26. The van der Waals surface area contributed by atoms with Crippen molar-refractivity contribution in [2.45, 2.75) is 51.7 Å². The summed E-state index contributed by atoms with van der Waals surface area (Å²) in [5.41, 5.74) is 0.362. The Balaban J connectivity index is 1.68. The molecule has 8 nitrogen and oxygen atoms in total. The summed E-state index contributed by atoms with van der Waals surface area (Å²) < 4.78 is 25.7. The second-order valence-corrected chi connectivity index (χ2v) is 10.5. The Morgan fingerprint density at radius 2 is 2.11 bits per heavy atom. The Bertz CT molecular complexity index is 874. The lowest BCUT2D eigenvalue weighted by Gasteiger charge is -2.39. The van der Waals surface area contributed by atoms with Gasteiger partial charge in [0.15, 0.2) is 0 Å². The lowest BCUT2D eigenvalue weighted by molar-refractivity contribution is -0.0107. The van der Waals surface area contributed by atoms with Crippen molar-refractivity contribution in [3.8, 4) is 0 Å². The van der Waals surface area contributed by atoms with Crippen molar-refractivity contribution in [1.29, 1.82) is 0 Å². The van der Waals surface area contributed by atoms with Crippen LogP contribution in [0.15, 0.2) is 18.2 Å². The molecule has 3 N–H and O–H groups in total. The van der Waals surface area contributed by atoms with Gasteiger partial charge in [0, 0.05) is 43.7 Å². The van der Waals surface area contributed by atoms with Gasteiger partial charge in [-0.15, -0.1) is 0 Å². The molecule has 0 radical (unpaired) electrons. The van der Waals surface area contributed by atoms with Gasteiger partial charge in [0.2, 0.25) is 0 Å². The molecule has 2 saturated heterocycles. The molecule has 2 heterocycles. The summed E-state index contributed by atoms with van der Waals surface area (Å²) in [6.45, 7) is 7.65. The van der Waals surface area contributed by atoms with Crippen LogP contribution in [0.25, 0.3) is 0 Å². The standard InChI is InChI=1S/C26H40ClFN4O4/c1-17(2)14-18-9-10-29-15-22(18)31-25(33)32-12-5-6-19(16-32)24(36-13-11-30-26(34)35-3)20-7-4-8-21(27)23(20)28/h4,7-8,17-19,22,24,29H,5-6,9-16H2,1-3H3,(H,30,34)(H,31,33). The average molecular weight is 527 g/mol. The van der Waals surface area contributed by atoms with Crippen molar-refractivity contribution in [1.82, 2.24) is 20.9 Å². The lowest BCUT2D eigenvalue weighted by atomic mass is 9.85. The Morgan fingerprint density at radius 3 is 2.86 bits per heavy atom. The first-order chi connectivity index (χ1) is 17.3. The number of carbonyl (C=O) groups excluding carboxylic acids is 2. The van der Waals surface area contributed by atoms with Crippen molar-refractivity contribution in [3.05, 3.63) is 34.6 Å². The second kappa shape index (κ2) is 14.0. The zero-order valence-electron chi connectivity index (χ0n) is 21.5. The number of ether oxygens (including phenoxy) is 2. The van der Waals surface area contributed by atoms with Gasteiger partial charge in [-0.2, -0.15) is 0 Å². The molecule has 2 aliphatic rings. The van der Waals surface area contributed by atoms with Gasteiger partial charge in [-0.3, -0.25) is 0 Å². The fourth-order valence-electron chi connectivity index (χ4n) is 5.29. The van der Waals surface area contributed by atoms with Crippen molar-refractivity contribution >= 4 is 23.7 Å². The van der Waals surface area contributed by atoms with Crippen molar-refractivity contribution in [2.75, 3.05) is 46.4 Å². The molecule has 2 aliphatic heterocycles. The van der Waals surface area contributed by atoms with E-state index in [-0.39, 0.29) is 36.2 Å². The number of methoxy groups -OCH3 is 1. The Hall–Kier alpha value is -2.10. The molecule has 3 rings (SSSR count). The predicted molar refractivity (Wildman–Crippen MR) is 138 cm³/mol. The van der Waals surface area contributed by atoms with Gasteiger partial charge in [-0.1, -0.05) is 37.6 Å². The molecule has 1 aromatic carbocycles. The van der Waals surface area contributed by atoms with E-state index in [1.165, 1.54) is 13.2 Å². The van der Waals surface area contributed by atoms with E-state index in [1.807, 2.05) is 4.90 Å². The first-order valence-corrected chi connectivity index (χ1v) is 13.3. The molecule has 4 atom stereocenters. The maximum Gasteiger partial charge on any atom is 0.406 e. The number of halogens is 2. The van der Waals surface area contributed by atoms with Crippen LogP contribution >= 0.6 is 11.6 Å². The molecule has 0 saturated carbocycles. The number of hydrogen-bond acceptors (Lipinski definition) is 5. The maximum atomic E-state index is 15.0. The molecule has 36 heavy (non-hydrogen) atoms. The smallest absolute Gasteiger partial charge is 0.406 e. The van der Waals surface area contributed by atoms with Crippen LogP contribution in [0, 0.1) is 23.6 Å². The summed E-state index contributed by atoms with van der Waals surface area (Å²) in [5.74, 6) is 0.392. The van der Waals surface area contributed by atoms with Gasteiger partial charge in [0.1, 0.15) is 5.82 Å². The minimum Gasteiger partial charge on any atom is -0.453 e. The quantitative estimate of drug-likeness (QED) is 0.416. The molecule has 0 bridgehead atoms. The Kier molecular flexibility index (Phi) is 11.1. The third kappa shape index (κ3) is 7.95. The van der Waals surface area contributed by atoms with Gasteiger partial charge < -0.3 is 30.3 Å². The van der Waals surface area contributed by atoms with Crippen LogP contribution in [0.5, 0.6) is 0 Å². The van der Waals surface area contributed by atoms with Crippen LogP contribution in [0.3, 0.4) is 0 Å². The van der Waals surface area contributed by atoms with Crippen molar-refractivity contribution in [2.24, 2.45) is 17.8 Å². The Morgan fingerprint density at radius 1 is 1.31 bits per heavy atom. The number of hydrogen-bond donors (Lipinski definition) is 3. The molecule has 3 amide bonds. The van der Waals surface area contributed by atoms with E-state index in [9.17, 15) is 9.59 Å². The number of benzene rings is 1. The van der Waals surface area contributed by atoms with Gasteiger partial charge in [-0.25, -0.2) is 14.0 Å². The number of alkyl carbamates (subject to hydrolysis) is 1. The second-order valence-electron chi connectivity index (χ2n) is 10.1. The van der Waals surface area contributed by atoms with E-state index >= 15 is 4.39 Å². The fraction of sp³-hybridized carbons (Fsp3) is 0.692. The first-order valence-electron chi connectivity index (χ1n) is 12.9. The topological polar surface area (TPSA) is 91.9 Å². The van der Waals surface area contributed by atoms with Crippen LogP contribution in [0.2, 0.25) is 5.02 Å². The molecule has 10 heteroatoms. The molecule has 0 spiro atoms. The van der Waals surface area contributed by atoms with Crippen LogP contribution in [0.1, 0.15) is 51.2 Å². The monoisotopic (exact) mass is 526 g/mol. The molecule has 1 aromatic rings. The summed E-state index contributed by atoms with van der Waals surface area (Å²) in [4.78, 5) is 26.5. The van der Waals surface area contributed by atoms with Crippen LogP contribution in [0.4, 0.5) is 14.0 Å². The largest absolute Gasteiger partial charge is 0.453 e. The molecule has 4 unspecified atom stereocenters. The number of piperidine rings is 2. The highest BCUT2D eigenvalue weighted by atomic mass is 35.5. The highest BCUT2D eigenvalue weighted by Gasteiger charge is 2.34. The van der Waals surface area contributed by atoms with Crippen LogP contribution < -0.4 is 16.0 Å². The minimum absolute atomic E-state index is 0.0280. The highest BCUT2D eigenvalue weighted by molar-refractivity contribution is 6.30. The molecular weight excluding hydrogens is 487 g/mol. The predicted octanol–water partition coefficient (Wildman–Crippen LogP) is 4.34. The minimum atomic E-state index is -0.608. The molecule has 0 aromatic heterocycles. The molecule has 0 aliphatic carbocycles. The summed E-state index contributed by atoms with van der Waals surface area (Å²) in [7, 11) is 1.29. The van der Waals surface area contributed by atoms with Crippen molar-refractivity contribution < 1.29 is 23.5 Å². The highest BCUT2D eigenvalue weighted by Crippen LogP contribution is 2.36. The van der Waals surface area contributed by atoms with E-state index in [2.05, 4.69) is 34.5 Å². The van der Waals surface area contributed by atoms with E-state index in [0.717, 1.165) is 38.8 Å². The number of amides is 3. The maximum absolute atomic E-state index is 15.0. The van der Waals surface area contributed by atoms with Gasteiger partial charge >= 0.3 is 12.1 Å². The average Bonchev–Trinajstić information content (AvgIpc) is 2.87. The van der Waals surface area contributed by atoms with E-state index < -0.39 is 18.0 Å². The lowest BCUT2D eigenvalue weighted by Crippen LogP contribution is -2.56. The number of nitrogens with zero attached hydrogens (tertiary/aromatic N) is 1. The van der Waals surface area contributed by atoms with Gasteiger partial charge in [0.25, 0.3) is 0 Å². The molecule has 202 valence electrons.